The Bertz CT molecular complexity index is 1070. The first kappa shape index (κ1) is 22.8. The highest BCUT2D eigenvalue weighted by Gasteiger charge is 2.17. The Morgan fingerprint density at radius 2 is 1.72 bits per heavy atom. The minimum atomic E-state index is -3.78. The van der Waals surface area contributed by atoms with Crippen molar-refractivity contribution < 1.29 is 31.5 Å². The SMILES string of the molecule is CS(=O)(=O)N(CCc1ccc(S(N)(=O)=O)cc1)Cc1cccc(OCC(=O)O)c1. The Morgan fingerprint density at radius 1 is 1.07 bits per heavy atom. The van der Waals surface area contributed by atoms with Crippen molar-refractivity contribution in [3.8, 4) is 5.75 Å². The third-order valence-electron chi connectivity index (χ3n) is 3.99. The Balaban J connectivity index is 2.09. The van der Waals surface area contributed by atoms with Gasteiger partial charge in [-0.1, -0.05) is 24.3 Å². The molecule has 9 nitrogen and oxygen atoms in total. The molecular formula is C18H22N2O7S2. The van der Waals surface area contributed by atoms with Crippen LogP contribution in [0, 0.1) is 0 Å². The number of carboxylic acids is 1. The maximum absolute atomic E-state index is 12.2. The number of nitrogens with two attached hydrogens (primary N) is 1. The Hall–Kier alpha value is -2.47. The predicted molar refractivity (Wildman–Crippen MR) is 106 cm³/mol. The summed E-state index contributed by atoms with van der Waals surface area (Å²) in [5, 5.41) is 13.7. The number of nitrogens with zero attached hydrogens (tertiary/aromatic N) is 1. The molecule has 0 bridgehead atoms. The number of rotatable bonds is 10. The van der Waals surface area contributed by atoms with Crippen molar-refractivity contribution in [1.29, 1.82) is 0 Å². The fourth-order valence-electron chi connectivity index (χ4n) is 2.54. The lowest BCUT2D eigenvalue weighted by atomic mass is 10.1. The number of carbonyl (C=O) groups is 1. The molecule has 11 heteroatoms. The van der Waals surface area contributed by atoms with E-state index < -0.39 is 32.6 Å². The fourth-order valence-corrected chi connectivity index (χ4v) is 3.87. The zero-order valence-electron chi connectivity index (χ0n) is 15.7. The van der Waals surface area contributed by atoms with Gasteiger partial charge in [0, 0.05) is 13.1 Å². The number of hydrogen-bond donors (Lipinski definition) is 2. The smallest absolute Gasteiger partial charge is 0.341 e. The molecule has 0 aliphatic heterocycles. The first-order valence-corrected chi connectivity index (χ1v) is 11.8. The molecule has 0 atom stereocenters. The molecule has 0 heterocycles. The van der Waals surface area contributed by atoms with Gasteiger partial charge in [0.05, 0.1) is 11.2 Å². The van der Waals surface area contributed by atoms with E-state index in [0.717, 1.165) is 11.8 Å². The second-order valence-electron chi connectivity index (χ2n) is 6.37. The molecule has 0 saturated carbocycles. The molecular weight excluding hydrogens is 420 g/mol. The van der Waals surface area contributed by atoms with E-state index in [1.165, 1.54) is 16.4 Å². The van der Waals surface area contributed by atoms with Gasteiger partial charge in [-0.25, -0.2) is 26.8 Å². The minimum Gasteiger partial charge on any atom is -0.482 e. The van der Waals surface area contributed by atoms with Gasteiger partial charge in [0.15, 0.2) is 6.61 Å². The topological polar surface area (TPSA) is 144 Å². The van der Waals surface area contributed by atoms with Gasteiger partial charge in [-0.15, -0.1) is 0 Å². The lowest BCUT2D eigenvalue weighted by molar-refractivity contribution is -0.139. The van der Waals surface area contributed by atoms with Crippen LogP contribution in [0.15, 0.2) is 53.4 Å². The summed E-state index contributed by atoms with van der Waals surface area (Å²) in [5.41, 5.74) is 1.40. The van der Waals surface area contributed by atoms with Crippen LogP contribution in [0.25, 0.3) is 0 Å². The summed E-state index contributed by atoms with van der Waals surface area (Å²) < 4.78 is 53.3. The van der Waals surface area contributed by atoms with Gasteiger partial charge in [-0.3, -0.25) is 0 Å². The van der Waals surface area contributed by atoms with Crippen molar-refractivity contribution in [2.24, 2.45) is 5.14 Å². The van der Waals surface area contributed by atoms with Crippen LogP contribution >= 0.6 is 0 Å². The number of carboxylic acid groups (broad SMARTS) is 1. The molecule has 2 aromatic carbocycles. The van der Waals surface area contributed by atoms with E-state index in [0.29, 0.717) is 17.7 Å². The second kappa shape index (κ2) is 9.35. The van der Waals surface area contributed by atoms with Gasteiger partial charge >= 0.3 is 5.97 Å². The van der Waals surface area contributed by atoms with Gasteiger partial charge in [0.25, 0.3) is 0 Å². The van der Waals surface area contributed by atoms with Crippen LogP contribution in [0.1, 0.15) is 11.1 Å². The summed E-state index contributed by atoms with van der Waals surface area (Å²) in [6.07, 6.45) is 1.47. The zero-order chi connectivity index (χ0) is 21.7. The predicted octanol–water partition coefficient (Wildman–Crippen LogP) is 0.802. The van der Waals surface area contributed by atoms with E-state index in [1.54, 1.807) is 36.4 Å². The molecule has 2 aromatic rings. The van der Waals surface area contributed by atoms with E-state index in [4.69, 9.17) is 15.0 Å². The molecule has 0 fully saturated rings. The summed E-state index contributed by atoms with van der Waals surface area (Å²) in [5.74, 6) is -0.779. The van der Waals surface area contributed by atoms with Crippen LogP contribution in [-0.2, 0) is 37.8 Å². The molecule has 0 spiro atoms. The van der Waals surface area contributed by atoms with Crippen molar-refractivity contribution in [2.75, 3.05) is 19.4 Å². The molecule has 29 heavy (non-hydrogen) atoms. The number of ether oxygens (including phenoxy) is 1. The molecule has 0 unspecified atom stereocenters. The third-order valence-corrected chi connectivity index (χ3v) is 6.17. The maximum atomic E-state index is 12.2. The molecule has 0 radical (unpaired) electrons. The van der Waals surface area contributed by atoms with Crippen LogP contribution in [-0.4, -0.2) is 51.6 Å². The standard InChI is InChI=1S/C18H22N2O7S2/c1-28(23,24)20(10-9-14-5-7-17(8-6-14)29(19,25)26)12-15-3-2-4-16(11-15)27-13-18(21)22/h2-8,11H,9-10,12-13H2,1H3,(H,21,22)(H2,19,25,26). The van der Waals surface area contributed by atoms with E-state index in [-0.39, 0.29) is 18.0 Å². The van der Waals surface area contributed by atoms with Crippen LogP contribution in [0.5, 0.6) is 5.75 Å². The minimum absolute atomic E-state index is 0.0144. The van der Waals surface area contributed by atoms with Crippen molar-refractivity contribution in [3.05, 3.63) is 59.7 Å². The number of sulfonamides is 2. The molecule has 2 rings (SSSR count). The largest absolute Gasteiger partial charge is 0.482 e. The molecule has 0 amide bonds. The molecule has 158 valence electrons. The quantitative estimate of drug-likeness (QED) is 0.554. The Kier molecular flexibility index (Phi) is 7.36. The van der Waals surface area contributed by atoms with Gasteiger partial charge in [-0.05, 0) is 41.8 Å². The lowest BCUT2D eigenvalue weighted by Crippen LogP contribution is -2.31. The fraction of sp³-hybridized carbons (Fsp3) is 0.278. The number of hydrogen-bond acceptors (Lipinski definition) is 6. The molecule has 0 aliphatic carbocycles. The van der Waals surface area contributed by atoms with E-state index in [2.05, 4.69) is 0 Å². The van der Waals surface area contributed by atoms with Crippen molar-refractivity contribution in [2.45, 2.75) is 17.9 Å². The van der Waals surface area contributed by atoms with E-state index in [9.17, 15) is 21.6 Å². The summed E-state index contributed by atoms with van der Waals surface area (Å²) in [4.78, 5) is 10.6. The lowest BCUT2D eigenvalue weighted by Gasteiger charge is -2.20. The summed E-state index contributed by atoms with van der Waals surface area (Å²) in [6.45, 7) is -0.236. The molecule has 3 N–H and O–H groups in total. The third kappa shape index (κ3) is 7.46. The van der Waals surface area contributed by atoms with Gasteiger partial charge in [0.1, 0.15) is 5.75 Å². The normalized spacial score (nSPS) is 12.1. The Morgan fingerprint density at radius 3 is 2.28 bits per heavy atom. The van der Waals surface area contributed by atoms with Gasteiger partial charge < -0.3 is 9.84 Å². The number of benzene rings is 2. The van der Waals surface area contributed by atoms with Crippen molar-refractivity contribution >= 4 is 26.0 Å². The average molecular weight is 443 g/mol. The maximum Gasteiger partial charge on any atom is 0.341 e. The highest BCUT2D eigenvalue weighted by molar-refractivity contribution is 7.89. The van der Waals surface area contributed by atoms with Crippen LogP contribution in [0.2, 0.25) is 0 Å². The number of primary sulfonamides is 1. The van der Waals surface area contributed by atoms with Crippen LogP contribution in [0.4, 0.5) is 0 Å². The zero-order valence-corrected chi connectivity index (χ0v) is 17.3. The average Bonchev–Trinajstić information content (AvgIpc) is 2.62. The van der Waals surface area contributed by atoms with E-state index >= 15 is 0 Å². The Labute approximate surface area is 169 Å². The van der Waals surface area contributed by atoms with Gasteiger partial charge in [0.2, 0.25) is 20.0 Å². The van der Waals surface area contributed by atoms with Gasteiger partial charge in [-0.2, -0.15) is 4.31 Å². The molecule has 0 saturated heterocycles. The van der Waals surface area contributed by atoms with Crippen molar-refractivity contribution in [3.63, 3.8) is 0 Å². The second-order valence-corrected chi connectivity index (χ2v) is 9.91. The summed E-state index contributed by atoms with van der Waals surface area (Å²) in [7, 11) is -7.30. The van der Waals surface area contributed by atoms with Crippen LogP contribution in [0.3, 0.4) is 0 Å². The molecule has 0 aromatic heterocycles. The monoisotopic (exact) mass is 442 g/mol. The molecule has 0 aliphatic rings. The summed E-state index contributed by atoms with van der Waals surface area (Å²) in [6, 6.07) is 12.5. The highest BCUT2D eigenvalue weighted by atomic mass is 32.2. The first-order chi connectivity index (χ1) is 13.4. The summed E-state index contributed by atoms with van der Waals surface area (Å²) >= 11 is 0. The van der Waals surface area contributed by atoms with E-state index in [1.807, 2.05) is 0 Å². The highest BCUT2D eigenvalue weighted by Crippen LogP contribution is 2.17. The van der Waals surface area contributed by atoms with Crippen LogP contribution < -0.4 is 9.88 Å². The number of aliphatic carboxylic acids is 1. The first-order valence-electron chi connectivity index (χ1n) is 8.45. The van der Waals surface area contributed by atoms with Crippen molar-refractivity contribution in [1.82, 2.24) is 4.31 Å².